The van der Waals surface area contributed by atoms with Crippen LogP contribution in [0.2, 0.25) is 0 Å². The zero-order chi connectivity index (χ0) is 11.3. The van der Waals surface area contributed by atoms with Crippen LogP contribution in [-0.2, 0) is 11.3 Å². The van der Waals surface area contributed by atoms with Gasteiger partial charge in [-0.3, -0.25) is 0 Å². The molecule has 0 unspecified atom stereocenters. The van der Waals surface area contributed by atoms with E-state index in [-0.39, 0.29) is 0 Å². The lowest BCUT2D eigenvalue weighted by Gasteiger charge is -2.09. The van der Waals surface area contributed by atoms with Gasteiger partial charge in [-0.05, 0) is 29.7 Å². The van der Waals surface area contributed by atoms with Crippen molar-refractivity contribution < 1.29 is 9.47 Å². The first-order valence-corrected chi connectivity index (χ1v) is 5.83. The van der Waals surface area contributed by atoms with Crippen molar-refractivity contribution in [3.63, 3.8) is 0 Å². The standard InChI is InChI=1S/C12H17BrO2/c1-9(2)7-15-8-10-6-11(14-3)4-5-12(10)13/h4-6,9H,7-8H2,1-3H3. The van der Waals surface area contributed by atoms with Crippen molar-refractivity contribution in [3.05, 3.63) is 28.2 Å². The SMILES string of the molecule is COc1ccc(Br)c(COCC(C)C)c1. The van der Waals surface area contributed by atoms with Gasteiger partial charge >= 0.3 is 0 Å². The van der Waals surface area contributed by atoms with Crippen LogP contribution in [0.3, 0.4) is 0 Å². The van der Waals surface area contributed by atoms with E-state index < -0.39 is 0 Å². The van der Waals surface area contributed by atoms with E-state index in [1.165, 1.54) is 0 Å². The van der Waals surface area contributed by atoms with Gasteiger partial charge in [0.1, 0.15) is 5.75 Å². The fourth-order valence-corrected chi connectivity index (χ4v) is 1.55. The summed E-state index contributed by atoms with van der Waals surface area (Å²) in [5.41, 5.74) is 1.12. The summed E-state index contributed by atoms with van der Waals surface area (Å²) in [6, 6.07) is 5.90. The average molecular weight is 273 g/mol. The third-order valence-corrected chi connectivity index (χ3v) is 2.74. The summed E-state index contributed by atoms with van der Waals surface area (Å²) in [7, 11) is 1.67. The quantitative estimate of drug-likeness (QED) is 0.815. The fourth-order valence-electron chi connectivity index (χ4n) is 1.19. The van der Waals surface area contributed by atoms with Gasteiger partial charge in [-0.15, -0.1) is 0 Å². The molecule has 0 atom stereocenters. The smallest absolute Gasteiger partial charge is 0.119 e. The topological polar surface area (TPSA) is 18.5 Å². The lowest BCUT2D eigenvalue weighted by molar-refractivity contribution is 0.0966. The van der Waals surface area contributed by atoms with Crippen LogP contribution in [-0.4, -0.2) is 13.7 Å². The Balaban J connectivity index is 2.59. The summed E-state index contributed by atoms with van der Waals surface area (Å²) >= 11 is 3.49. The lowest BCUT2D eigenvalue weighted by atomic mass is 10.2. The maximum Gasteiger partial charge on any atom is 0.119 e. The second-order valence-corrected chi connectivity index (χ2v) is 4.72. The van der Waals surface area contributed by atoms with Crippen molar-refractivity contribution >= 4 is 15.9 Å². The Labute approximate surface area is 99.7 Å². The normalized spacial score (nSPS) is 10.7. The number of benzene rings is 1. The maximum absolute atomic E-state index is 5.58. The number of rotatable bonds is 5. The highest BCUT2D eigenvalue weighted by Gasteiger charge is 2.03. The molecule has 0 saturated carbocycles. The molecule has 0 aliphatic heterocycles. The second-order valence-electron chi connectivity index (χ2n) is 3.87. The van der Waals surface area contributed by atoms with Crippen molar-refractivity contribution in [2.24, 2.45) is 5.92 Å². The molecule has 3 heteroatoms. The van der Waals surface area contributed by atoms with Crippen molar-refractivity contribution in [2.75, 3.05) is 13.7 Å². The van der Waals surface area contributed by atoms with Gasteiger partial charge in [0.25, 0.3) is 0 Å². The van der Waals surface area contributed by atoms with Gasteiger partial charge in [0.15, 0.2) is 0 Å². The minimum Gasteiger partial charge on any atom is -0.497 e. The molecule has 0 saturated heterocycles. The van der Waals surface area contributed by atoms with Gasteiger partial charge in [-0.1, -0.05) is 29.8 Å². The van der Waals surface area contributed by atoms with Crippen LogP contribution in [0, 0.1) is 5.92 Å². The molecule has 0 bridgehead atoms. The van der Waals surface area contributed by atoms with Gasteiger partial charge < -0.3 is 9.47 Å². The summed E-state index contributed by atoms with van der Waals surface area (Å²) in [5, 5.41) is 0. The van der Waals surface area contributed by atoms with E-state index in [2.05, 4.69) is 29.8 Å². The molecule has 0 N–H and O–H groups in total. The predicted molar refractivity (Wildman–Crippen MR) is 65.2 cm³/mol. The van der Waals surface area contributed by atoms with Gasteiger partial charge in [-0.2, -0.15) is 0 Å². The molecule has 84 valence electrons. The molecule has 0 spiro atoms. The summed E-state index contributed by atoms with van der Waals surface area (Å²) in [6.45, 7) is 5.68. The van der Waals surface area contributed by atoms with E-state index in [4.69, 9.17) is 9.47 Å². The molecule has 0 radical (unpaired) electrons. The highest BCUT2D eigenvalue weighted by Crippen LogP contribution is 2.23. The van der Waals surface area contributed by atoms with Crippen molar-refractivity contribution in [2.45, 2.75) is 20.5 Å². The Morgan fingerprint density at radius 2 is 2.07 bits per heavy atom. The Morgan fingerprint density at radius 3 is 2.67 bits per heavy atom. The molecule has 0 amide bonds. The molecule has 0 aromatic heterocycles. The Hall–Kier alpha value is -0.540. The van der Waals surface area contributed by atoms with Gasteiger partial charge in [0, 0.05) is 11.1 Å². The van der Waals surface area contributed by atoms with Crippen LogP contribution < -0.4 is 4.74 Å². The molecule has 0 aliphatic carbocycles. The van der Waals surface area contributed by atoms with Gasteiger partial charge in [-0.25, -0.2) is 0 Å². The summed E-state index contributed by atoms with van der Waals surface area (Å²) in [5.74, 6) is 1.43. The van der Waals surface area contributed by atoms with E-state index in [0.717, 1.165) is 22.4 Å². The average Bonchev–Trinajstić information content (AvgIpc) is 2.20. The largest absolute Gasteiger partial charge is 0.497 e. The van der Waals surface area contributed by atoms with E-state index in [9.17, 15) is 0 Å². The minimum atomic E-state index is 0.564. The van der Waals surface area contributed by atoms with Crippen LogP contribution in [0.15, 0.2) is 22.7 Å². The first-order valence-electron chi connectivity index (χ1n) is 5.03. The van der Waals surface area contributed by atoms with Crippen molar-refractivity contribution in [1.82, 2.24) is 0 Å². The van der Waals surface area contributed by atoms with Gasteiger partial charge in [0.05, 0.1) is 13.7 Å². The molecule has 1 aromatic carbocycles. The lowest BCUT2D eigenvalue weighted by Crippen LogP contribution is -2.02. The first kappa shape index (κ1) is 12.5. The van der Waals surface area contributed by atoms with Gasteiger partial charge in [0.2, 0.25) is 0 Å². The van der Waals surface area contributed by atoms with E-state index in [0.29, 0.717) is 12.5 Å². The number of methoxy groups -OCH3 is 1. The first-order chi connectivity index (χ1) is 7.13. The Bertz CT molecular complexity index is 310. The maximum atomic E-state index is 5.58. The summed E-state index contributed by atoms with van der Waals surface area (Å²) in [4.78, 5) is 0. The monoisotopic (exact) mass is 272 g/mol. The summed E-state index contributed by atoms with van der Waals surface area (Å²) < 4.78 is 11.8. The fraction of sp³-hybridized carbons (Fsp3) is 0.500. The van der Waals surface area contributed by atoms with E-state index in [1.807, 2.05) is 18.2 Å². The minimum absolute atomic E-state index is 0.564. The Morgan fingerprint density at radius 1 is 1.33 bits per heavy atom. The van der Waals surface area contributed by atoms with Crippen LogP contribution in [0.4, 0.5) is 0 Å². The van der Waals surface area contributed by atoms with Crippen LogP contribution in [0.5, 0.6) is 5.75 Å². The molecule has 0 fully saturated rings. The molecule has 15 heavy (non-hydrogen) atoms. The highest BCUT2D eigenvalue weighted by atomic mass is 79.9. The molecule has 1 aromatic rings. The van der Waals surface area contributed by atoms with Crippen LogP contribution >= 0.6 is 15.9 Å². The number of ether oxygens (including phenoxy) is 2. The highest BCUT2D eigenvalue weighted by molar-refractivity contribution is 9.10. The zero-order valence-electron chi connectivity index (χ0n) is 9.42. The molecule has 1 rings (SSSR count). The third-order valence-electron chi connectivity index (χ3n) is 1.96. The molecule has 0 heterocycles. The number of hydrogen-bond donors (Lipinski definition) is 0. The van der Waals surface area contributed by atoms with E-state index >= 15 is 0 Å². The Kier molecular flexibility index (Phi) is 5.12. The van der Waals surface area contributed by atoms with Crippen LogP contribution in [0.1, 0.15) is 19.4 Å². The van der Waals surface area contributed by atoms with Crippen LogP contribution in [0.25, 0.3) is 0 Å². The van der Waals surface area contributed by atoms with E-state index in [1.54, 1.807) is 7.11 Å². The van der Waals surface area contributed by atoms with Crippen molar-refractivity contribution in [1.29, 1.82) is 0 Å². The number of hydrogen-bond acceptors (Lipinski definition) is 2. The predicted octanol–water partition coefficient (Wildman–Crippen LogP) is 3.63. The molecular weight excluding hydrogens is 256 g/mol. The zero-order valence-corrected chi connectivity index (χ0v) is 11.0. The second kappa shape index (κ2) is 6.13. The third kappa shape index (κ3) is 4.22. The molecule has 0 aliphatic rings. The van der Waals surface area contributed by atoms with Crippen molar-refractivity contribution in [3.8, 4) is 5.75 Å². The molecular formula is C12H17BrO2. The number of halogens is 1. The summed E-state index contributed by atoms with van der Waals surface area (Å²) in [6.07, 6.45) is 0. The molecule has 2 nitrogen and oxygen atoms in total.